The predicted octanol–water partition coefficient (Wildman–Crippen LogP) is 2.35. The monoisotopic (exact) mass is 285 g/mol. The van der Waals surface area contributed by atoms with Gasteiger partial charge >= 0.3 is 0 Å². The third kappa shape index (κ3) is 2.79. The summed E-state index contributed by atoms with van der Waals surface area (Å²) in [5.74, 6) is 0. The number of aromatic nitrogens is 1. The van der Waals surface area contributed by atoms with Crippen molar-refractivity contribution in [2.45, 2.75) is 25.5 Å². The molecule has 2 unspecified atom stereocenters. The van der Waals surface area contributed by atoms with Crippen molar-refractivity contribution in [2.75, 3.05) is 26.2 Å². The lowest BCUT2D eigenvalue weighted by atomic mass is 9.94. The van der Waals surface area contributed by atoms with Gasteiger partial charge in [0, 0.05) is 30.9 Å². The van der Waals surface area contributed by atoms with E-state index < -0.39 is 0 Å². The van der Waals surface area contributed by atoms with Crippen molar-refractivity contribution in [1.29, 1.82) is 0 Å². The van der Waals surface area contributed by atoms with Crippen LogP contribution in [0.15, 0.2) is 36.7 Å². The van der Waals surface area contributed by atoms with E-state index >= 15 is 0 Å². The molecule has 0 radical (unpaired) electrons. The second-order valence-electron chi connectivity index (χ2n) is 5.58. The van der Waals surface area contributed by atoms with Crippen LogP contribution in [0.25, 0.3) is 10.8 Å². The van der Waals surface area contributed by atoms with Gasteiger partial charge in [0.25, 0.3) is 0 Å². The number of ether oxygens (including phenoxy) is 1. The zero-order valence-corrected chi connectivity index (χ0v) is 12.5. The molecule has 0 spiro atoms. The topological polar surface area (TPSA) is 51.4 Å². The molecular weight excluding hydrogens is 262 g/mol. The van der Waals surface area contributed by atoms with Crippen molar-refractivity contribution in [3.63, 3.8) is 0 Å². The normalized spacial score (nSPS) is 23.5. The summed E-state index contributed by atoms with van der Waals surface area (Å²) in [6, 6.07) is 8.60. The molecule has 2 aromatic rings. The molecule has 2 heterocycles. The molecule has 0 amide bonds. The molecule has 0 saturated carbocycles. The Bertz CT molecular complexity index is 594. The predicted molar refractivity (Wildman–Crippen MR) is 85.1 cm³/mol. The second-order valence-corrected chi connectivity index (χ2v) is 5.58. The van der Waals surface area contributed by atoms with Crippen molar-refractivity contribution in [3.8, 4) is 0 Å². The summed E-state index contributed by atoms with van der Waals surface area (Å²) < 4.78 is 5.93. The molecule has 2 atom stereocenters. The van der Waals surface area contributed by atoms with E-state index in [4.69, 9.17) is 10.5 Å². The van der Waals surface area contributed by atoms with Gasteiger partial charge in [-0.05, 0) is 23.9 Å². The fraction of sp³-hybridized carbons (Fsp3) is 0.471. The first-order chi connectivity index (χ1) is 10.3. The van der Waals surface area contributed by atoms with Gasteiger partial charge in [-0.1, -0.05) is 31.2 Å². The zero-order valence-electron chi connectivity index (χ0n) is 12.5. The van der Waals surface area contributed by atoms with Crippen molar-refractivity contribution >= 4 is 10.8 Å². The maximum absolute atomic E-state index is 5.96. The van der Waals surface area contributed by atoms with Crippen LogP contribution >= 0.6 is 0 Å². The van der Waals surface area contributed by atoms with Crippen molar-refractivity contribution < 1.29 is 4.74 Å². The highest BCUT2D eigenvalue weighted by molar-refractivity contribution is 5.85. The molecule has 112 valence electrons. The molecule has 1 fully saturated rings. The smallest absolute Gasteiger partial charge is 0.0895 e. The number of hydrogen-bond donors (Lipinski definition) is 1. The summed E-state index contributed by atoms with van der Waals surface area (Å²) in [6.07, 6.45) is 5.07. The highest BCUT2D eigenvalue weighted by atomic mass is 16.5. The lowest BCUT2D eigenvalue weighted by Crippen LogP contribution is -2.48. The maximum Gasteiger partial charge on any atom is 0.0895 e. The van der Waals surface area contributed by atoms with Crippen LogP contribution in [-0.4, -0.2) is 42.2 Å². The third-order valence-electron chi connectivity index (χ3n) is 4.22. The Morgan fingerprint density at radius 3 is 3.00 bits per heavy atom. The number of fused-ring (bicyclic) bond motifs is 1. The molecule has 1 aromatic carbocycles. The molecule has 21 heavy (non-hydrogen) atoms. The first-order valence-electron chi connectivity index (χ1n) is 7.73. The van der Waals surface area contributed by atoms with E-state index in [1.807, 2.05) is 12.4 Å². The van der Waals surface area contributed by atoms with E-state index in [-0.39, 0.29) is 12.1 Å². The van der Waals surface area contributed by atoms with Gasteiger partial charge in [-0.15, -0.1) is 0 Å². The van der Waals surface area contributed by atoms with Crippen LogP contribution in [0, 0.1) is 0 Å². The van der Waals surface area contributed by atoms with E-state index in [2.05, 4.69) is 41.1 Å². The average molecular weight is 285 g/mol. The van der Waals surface area contributed by atoms with E-state index in [9.17, 15) is 0 Å². The van der Waals surface area contributed by atoms with Gasteiger partial charge in [0.1, 0.15) is 0 Å². The van der Waals surface area contributed by atoms with Crippen molar-refractivity contribution in [3.05, 3.63) is 42.2 Å². The van der Waals surface area contributed by atoms with Gasteiger partial charge in [-0.2, -0.15) is 0 Å². The summed E-state index contributed by atoms with van der Waals surface area (Å²) in [5, 5.41) is 2.43. The van der Waals surface area contributed by atoms with Gasteiger partial charge in [0.05, 0.1) is 18.8 Å². The zero-order chi connectivity index (χ0) is 14.7. The van der Waals surface area contributed by atoms with Crippen LogP contribution in [0.1, 0.15) is 24.9 Å². The summed E-state index contributed by atoms with van der Waals surface area (Å²) >= 11 is 0. The Morgan fingerprint density at radius 2 is 2.19 bits per heavy atom. The van der Waals surface area contributed by atoms with Gasteiger partial charge in [-0.25, -0.2) is 0 Å². The maximum atomic E-state index is 5.96. The van der Waals surface area contributed by atoms with Crippen LogP contribution in [0.4, 0.5) is 0 Å². The van der Waals surface area contributed by atoms with Crippen LogP contribution in [0.2, 0.25) is 0 Å². The fourth-order valence-corrected chi connectivity index (χ4v) is 3.29. The van der Waals surface area contributed by atoms with Crippen LogP contribution in [0.5, 0.6) is 0 Å². The van der Waals surface area contributed by atoms with E-state index in [0.717, 1.165) is 26.1 Å². The minimum Gasteiger partial charge on any atom is -0.374 e. The second kappa shape index (κ2) is 6.52. The minimum atomic E-state index is 0.0397. The number of morpholine rings is 1. The molecule has 1 saturated heterocycles. The van der Waals surface area contributed by atoms with Gasteiger partial charge < -0.3 is 10.5 Å². The molecular formula is C17H23N3O. The molecule has 4 nitrogen and oxygen atoms in total. The molecule has 0 bridgehead atoms. The van der Waals surface area contributed by atoms with E-state index in [1.54, 1.807) is 0 Å². The Morgan fingerprint density at radius 1 is 1.33 bits per heavy atom. The first kappa shape index (κ1) is 14.4. The molecule has 0 aliphatic carbocycles. The first-order valence-corrected chi connectivity index (χ1v) is 7.73. The van der Waals surface area contributed by atoms with E-state index in [1.165, 1.54) is 16.3 Å². The molecule has 1 aliphatic heterocycles. The summed E-state index contributed by atoms with van der Waals surface area (Å²) in [6.45, 7) is 5.53. The number of nitrogens with zero attached hydrogens (tertiary/aromatic N) is 2. The number of benzene rings is 1. The van der Waals surface area contributed by atoms with Gasteiger partial charge in [0.15, 0.2) is 0 Å². The van der Waals surface area contributed by atoms with Gasteiger partial charge in [0.2, 0.25) is 0 Å². The Labute approximate surface area is 125 Å². The quantitative estimate of drug-likeness (QED) is 0.937. The lowest BCUT2D eigenvalue weighted by molar-refractivity contribution is -0.0672. The molecule has 2 N–H and O–H groups in total. The minimum absolute atomic E-state index is 0.0397. The third-order valence-corrected chi connectivity index (χ3v) is 4.22. The van der Waals surface area contributed by atoms with Crippen LogP contribution < -0.4 is 5.73 Å². The van der Waals surface area contributed by atoms with Gasteiger partial charge in [-0.3, -0.25) is 9.88 Å². The standard InChI is InChI=1S/C17H23N3O/c1-2-7-20-8-9-21-16(10-18)17(20)15-12-19-11-13-5-3-4-6-14(13)15/h3-6,11-12,16-17H,2,7-10,18H2,1H3. The highest BCUT2D eigenvalue weighted by Gasteiger charge is 2.33. The summed E-state index contributed by atoms with van der Waals surface area (Å²) in [4.78, 5) is 6.92. The average Bonchev–Trinajstić information content (AvgIpc) is 2.54. The largest absolute Gasteiger partial charge is 0.374 e. The Kier molecular flexibility index (Phi) is 4.48. The lowest BCUT2D eigenvalue weighted by Gasteiger charge is -2.41. The van der Waals surface area contributed by atoms with Crippen molar-refractivity contribution in [2.24, 2.45) is 5.73 Å². The molecule has 1 aliphatic rings. The van der Waals surface area contributed by atoms with Crippen molar-refractivity contribution in [1.82, 2.24) is 9.88 Å². The SMILES string of the molecule is CCCN1CCOC(CN)C1c1cncc2ccccc12. The molecule has 1 aromatic heterocycles. The molecule has 4 heteroatoms. The Hall–Kier alpha value is -1.49. The fourth-order valence-electron chi connectivity index (χ4n) is 3.29. The number of nitrogens with two attached hydrogens (primary N) is 1. The van der Waals surface area contributed by atoms with Crippen LogP contribution in [-0.2, 0) is 4.74 Å². The molecule has 3 rings (SSSR count). The number of hydrogen-bond acceptors (Lipinski definition) is 4. The van der Waals surface area contributed by atoms with E-state index in [0.29, 0.717) is 6.54 Å². The highest BCUT2D eigenvalue weighted by Crippen LogP contribution is 2.33. The Balaban J connectivity index is 2.07. The van der Waals surface area contributed by atoms with Crippen LogP contribution in [0.3, 0.4) is 0 Å². The summed E-state index contributed by atoms with van der Waals surface area (Å²) in [5.41, 5.74) is 7.19. The summed E-state index contributed by atoms with van der Waals surface area (Å²) in [7, 11) is 0. The number of rotatable bonds is 4. The number of pyridine rings is 1.